The number of unbranched alkanes of at least 4 members (excludes halogenated alkanes) is 3. The standard InChI is InChI=1S/C16H28N2O/c1-5-6-7-8-9-14(4)19-16-15(11-17)12(2)10-13(3)18-16/h10,14H,5-9,11,17H2,1-4H3. The summed E-state index contributed by atoms with van der Waals surface area (Å²) in [5.74, 6) is 0.725. The third-order valence-corrected chi connectivity index (χ3v) is 3.42. The molecule has 0 bridgehead atoms. The molecular formula is C16H28N2O. The molecule has 0 aliphatic rings. The van der Waals surface area contributed by atoms with E-state index in [1.54, 1.807) is 0 Å². The molecule has 0 fully saturated rings. The molecule has 19 heavy (non-hydrogen) atoms. The second-order valence-corrected chi connectivity index (χ2v) is 5.35. The fourth-order valence-corrected chi connectivity index (χ4v) is 2.28. The maximum Gasteiger partial charge on any atom is 0.218 e. The normalized spacial score (nSPS) is 12.5. The Morgan fingerprint density at radius 1 is 1.26 bits per heavy atom. The Hall–Kier alpha value is -1.09. The molecule has 1 aromatic heterocycles. The van der Waals surface area contributed by atoms with E-state index in [1.165, 1.54) is 31.2 Å². The lowest BCUT2D eigenvalue weighted by Gasteiger charge is -2.18. The van der Waals surface area contributed by atoms with Crippen molar-refractivity contribution in [2.75, 3.05) is 0 Å². The van der Waals surface area contributed by atoms with Gasteiger partial charge in [-0.1, -0.05) is 26.2 Å². The van der Waals surface area contributed by atoms with Gasteiger partial charge in [-0.25, -0.2) is 4.98 Å². The molecule has 0 spiro atoms. The van der Waals surface area contributed by atoms with E-state index in [1.807, 2.05) is 6.92 Å². The fourth-order valence-electron chi connectivity index (χ4n) is 2.28. The molecule has 0 amide bonds. The van der Waals surface area contributed by atoms with Gasteiger partial charge in [0.15, 0.2) is 0 Å². The van der Waals surface area contributed by atoms with Gasteiger partial charge in [-0.05, 0) is 45.2 Å². The van der Waals surface area contributed by atoms with Crippen LogP contribution in [0, 0.1) is 13.8 Å². The Balaban J connectivity index is 2.60. The number of nitrogens with zero attached hydrogens (tertiary/aromatic N) is 1. The first-order valence-electron chi connectivity index (χ1n) is 7.42. The number of ether oxygens (including phenoxy) is 1. The molecule has 1 unspecified atom stereocenters. The Morgan fingerprint density at radius 2 is 2.00 bits per heavy atom. The zero-order valence-corrected chi connectivity index (χ0v) is 12.8. The minimum Gasteiger partial charge on any atom is -0.474 e. The van der Waals surface area contributed by atoms with E-state index in [9.17, 15) is 0 Å². The zero-order valence-electron chi connectivity index (χ0n) is 12.8. The van der Waals surface area contributed by atoms with Crippen LogP contribution >= 0.6 is 0 Å². The van der Waals surface area contributed by atoms with E-state index in [0.29, 0.717) is 6.54 Å². The highest BCUT2D eigenvalue weighted by Gasteiger charge is 2.12. The van der Waals surface area contributed by atoms with Gasteiger partial charge in [0, 0.05) is 17.8 Å². The molecule has 0 aromatic carbocycles. The monoisotopic (exact) mass is 264 g/mol. The zero-order chi connectivity index (χ0) is 14.3. The highest BCUT2D eigenvalue weighted by Crippen LogP contribution is 2.22. The molecule has 1 heterocycles. The van der Waals surface area contributed by atoms with Crippen LogP contribution in [0.25, 0.3) is 0 Å². The molecular weight excluding hydrogens is 236 g/mol. The SMILES string of the molecule is CCCCCCC(C)Oc1nc(C)cc(C)c1CN. The average Bonchev–Trinajstić information content (AvgIpc) is 2.34. The minimum atomic E-state index is 0.204. The van der Waals surface area contributed by atoms with E-state index in [2.05, 4.69) is 31.8 Å². The topological polar surface area (TPSA) is 48.1 Å². The number of aryl methyl sites for hydroxylation is 2. The van der Waals surface area contributed by atoms with E-state index >= 15 is 0 Å². The number of hydrogen-bond donors (Lipinski definition) is 1. The summed E-state index contributed by atoms with van der Waals surface area (Å²) in [6, 6.07) is 2.06. The van der Waals surface area contributed by atoms with E-state index in [-0.39, 0.29) is 6.10 Å². The Labute approximate surface area is 117 Å². The van der Waals surface area contributed by atoms with Crippen molar-refractivity contribution >= 4 is 0 Å². The van der Waals surface area contributed by atoms with Crippen LogP contribution in [-0.2, 0) is 6.54 Å². The second-order valence-electron chi connectivity index (χ2n) is 5.35. The lowest BCUT2D eigenvalue weighted by Crippen LogP contribution is -2.16. The summed E-state index contributed by atoms with van der Waals surface area (Å²) >= 11 is 0. The van der Waals surface area contributed by atoms with Crippen molar-refractivity contribution in [2.24, 2.45) is 5.73 Å². The smallest absolute Gasteiger partial charge is 0.218 e. The van der Waals surface area contributed by atoms with Gasteiger partial charge in [0.2, 0.25) is 5.88 Å². The molecule has 1 rings (SSSR count). The van der Waals surface area contributed by atoms with E-state index in [4.69, 9.17) is 10.5 Å². The van der Waals surface area contributed by atoms with Gasteiger partial charge in [0.25, 0.3) is 0 Å². The highest BCUT2D eigenvalue weighted by atomic mass is 16.5. The molecule has 1 aromatic rings. The van der Waals surface area contributed by atoms with Crippen LogP contribution in [0.3, 0.4) is 0 Å². The lowest BCUT2D eigenvalue weighted by molar-refractivity contribution is 0.195. The van der Waals surface area contributed by atoms with Gasteiger partial charge in [-0.2, -0.15) is 0 Å². The van der Waals surface area contributed by atoms with Crippen molar-refractivity contribution in [2.45, 2.75) is 72.4 Å². The van der Waals surface area contributed by atoms with Crippen LogP contribution in [-0.4, -0.2) is 11.1 Å². The summed E-state index contributed by atoms with van der Waals surface area (Å²) in [6.45, 7) is 8.89. The third-order valence-electron chi connectivity index (χ3n) is 3.42. The number of hydrogen-bond acceptors (Lipinski definition) is 3. The van der Waals surface area contributed by atoms with E-state index in [0.717, 1.165) is 23.6 Å². The van der Waals surface area contributed by atoms with Gasteiger partial charge >= 0.3 is 0 Å². The van der Waals surface area contributed by atoms with Crippen molar-refractivity contribution in [1.29, 1.82) is 0 Å². The summed E-state index contributed by atoms with van der Waals surface area (Å²) in [7, 11) is 0. The largest absolute Gasteiger partial charge is 0.474 e. The molecule has 3 nitrogen and oxygen atoms in total. The van der Waals surface area contributed by atoms with Gasteiger partial charge in [-0.15, -0.1) is 0 Å². The number of nitrogens with two attached hydrogens (primary N) is 1. The lowest BCUT2D eigenvalue weighted by atomic mass is 10.1. The number of rotatable bonds is 8. The van der Waals surface area contributed by atoms with Crippen LogP contribution in [0.5, 0.6) is 5.88 Å². The summed E-state index contributed by atoms with van der Waals surface area (Å²) in [6.07, 6.45) is 6.37. The van der Waals surface area contributed by atoms with Gasteiger partial charge in [0.05, 0.1) is 6.10 Å². The molecule has 2 N–H and O–H groups in total. The van der Waals surface area contributed by atoms with Gasteiger partial charge < -0.3 is 10.5 Å². The van der Waals surface area contributed by atoms with Crippen molar-refractivity contribution in [3.8, 4) is 5.88 Å². The van der Waals surface area contributed by atoms with Crippen molar-refractivity contribution in [3.63, 3.8) is 0 Å². The van der Waals surface area contributed by atoms with Crippen LogP contribution in [0.15, 0.2) is 6.07 Å². The quantitative estimate of drug-likeness (QED) is 0.724. The predicted molar refractivity (Wildman–Crippen MR) is 80.5 cm³/mol. The predicted octanol–water partition coefficient (Wildman–Crippen LogP) is 3.89. The van der Waals surface area contributed by atoms with Crippen molar-refractivity contribution in [3.05, 3.63) is 22.9 Å². The molecule has 0 aliphatic heterocycles. The first-order valence-corrected chi connectivity index (χ1v) is 7.42. The maximum absolute atomic E-state index is 5.99. The van der Waals surface area contributed by atoms with Crippen LogP contribution < -0.4 is 10.5 Å². The average molecular weight is 264 g/mol. The Kier molecular flexibility index (Phi) is 6.85. The first kappa shape index (κ1) is 16.0. The molecule has 0 saturated carbocycles. The molecule has 0 saturated heterocycles. The molecule has 108 valence electrons. The van der Waals surface area contributed by atoms with E-state index < -0.39 is 0 Å². The van der Waals surface area contributed by atoms with Gasteiger partial charge in [0.1, 0.15) is 0 Å². The van der Waals surface area contributed by atoms with Crippen LogP contribution in [0.1, 0.15) is 62.8 Å². The summed E-state index contributed by atoms with van der Waals surface area (Å²) in [5.41, 5.74) is 8.99. The van der Waals surface area contributed by atoms with Crippen LogP contribution in [0.2, 0.25) is 0 Å². The minimum absolute atomic E-state index is 0.204. The Morgan fingerprint density at radius 3 is 2.63 bits per heavy atom. The fraction of sp³-hybridized carbons (Fsp3) is 0.688. The Bertz CT molecular complexity index is 391. The maximum atomic E-state index is 5.99. The van der Waals surface area contributed by atoms with Gasteiger partial charge in [-0.3, -0.25) is 0 Å². The first-order chi connectivity index (χ1) is 9.08. The number of aromatic nitrogens is 1. The molecule has 3 heteroatoms. The molecule has 1 atom stereocenters. The summed E-state index contributed by atoms with van der Waals surface area (Å²) in [5, 5.41) is 0. The van der Waals surface area contributed by atoms with Crippen molar-refractivity contribution < 1.29 is 4.74 Å². The molecule has 0 aliphatic carbocycles. The summed E-state index contributed by atoms with van der Waals surface area (Å²) in [4.78, 5) is 4.49. The number of pyridine rings is 1. The summed E-state index contributed by atoms with van der Waals surface area (Å²) < 4.78 is 5.99. The van der Waals surface area contributed by atoms with Crippen LogP contribution in [0.4, 0.5) is 0 Å². The highest BCUT2D eigenvalue weighted by molar-refractivity contribution is 5.35. The second kappa shape index (κ2) is 8.16. The third kappa shape index (κ3) is 5.19. The van der Waals surface area contributed by atoms with Crippen molar-refractivity contribution in [1.82, 2.24) is 4.98 Å². The molecule has 0 radical (unpaired) electrons.